The second kappa shape index (κ2) is 10.1. The van der Waals surface area contributed by atoms with E-state index in [4.69, 9.17) is 9.47 Å². The maximum atomic E-state index is 13.7. The summed E-state index contributed by atoms with van der Waals surface area (Å²) < 4.78 is 11.3. The number of pyridine rings is 1. The van der Waals surface area contributed by atoms with Crippen LogP contribution in [0.15, 0.2) is 71.3 Å². The van der Waals surface area contributed by atoms with Crippen LogP contribution in [0.4, 0.5) is 0 Å². The molecule has 3 aliphatic rings. The van der Waals surface area contributed by atoms with Crippen molar-refractivity contribution < 1.29 is 19.1 Å². The third kappa shape index (κ3) is 4.75. The summed E-state index contributed by atoms with van der Waals surface area (Å²) in [6.45, 7) is 1.91. The van der Waals surface area contributed by atoms with Crippen molar-refractivity contribution in [2.75, 3.05) is 7.11 Å². The Bertz CT molecular complexity index is 1160. The maximum Gasteiger partial charge on any atom is 0.337 e. The molecular weight excluding hydrogens is 440 g/mol. The van der Waals surface area contributed by atoms with E-state index in [1.807, 2.05) is 43.3 Å². The Kier molecular flexibility index (Phi) is 6.71. The predicted octanol–water partition coefficient (Wildman–Crippen LogP) is 5.33. The van der Waals surface area contributed by atoms with Crippen molar-refractivity contribution in [1.82, 2.24) is 10.3 Å². The fourth-order valence-electron chi connectivity index (χ4n) is 5.71. The van der Waals surface area contributed by atoms with Gasteiger partial charge >= 0.3 is 5.97 Å². The highest BCUT2D eigenvalue weighted by Crippen LogP contribution is 2.46. The lowest BCUT2D eigenvalue weighted by Gasteiger charge is -2.37. The zero-order valence-corrected chi connectivity index (χ0v) is 20.4. The van der Waals surface area contributed by atoms with Crippen LogP contribution in [0.25, 0.3) is 0 Å². The Labute approximate surface area is 206 Å². The van der Waals surface area contributed by atoms with Gasteiger partial charge in [-0.1, -0.05) is 18.6 Å². The fourth-order valence-corrected chi connectivity index (χ4v) is 5.71. The number of rotatable bonds is 5. The summed E-state index contributed by atoms with van der Waals surface area (Å²) in [5, 5.41) is 3.44. The van der Waals surface area contributed by atoms with Crippen LogP contribution in [0, 0.1) is 0 Å². The molecule has 1 aromatic heterocycles. The highest BCUT2D eigenvalue weighted by atomic mass is 16.5. The first-order valence-electron chi connectivity index (χ1n) is 12.5. The Balaban J connectivity index is 1.49. The molecule has 2 aliphatic carbocycles. The van der Waals surface area contributed by atoms with Crippen molar-refractivity contribution in [3.05, 3.63) is 82.5 Å². The molecule has 6 nitrogen and oxygen atoms in total. The van der Waals surface area contributed by atoms with Gasteiger partial charge in [0.15, 0.2) is 5.78 Å². The number of carbonyl (C=O) groups is 2. The molecule has 1 saturated carbocycles. The third-order valence-electron chi connectivity index (χ3n) is 7.50. The van der Waals surface area contributed by atoms with E-state index in [0.29, 0.717) is 24.0 Å². The largest absolute Gasteiger partial charge is 0.497 e. The molecule has 2 atom stereocenters. The molecule has 1 aliphatic heterocycles. The van der Waals surface area contributed by atoms with Crippen LogP contribution in [0.2, 0.25) is 0 Å². The number of allylic oxidation sites excluding steroid dienone is 3. The smallest absolute Gasteiger partial charge is 0.337 e. The lowest BCUT2D eigenvalue weighted by molar-refractivity contribution is -0.146. The van der Waals surface area contributed by atoms with Crippen molar-refractivity contribution in [2.45, 2.75) is 69.8 Å². The minimum atomic E-state index is -0.449. The Morgan fingerprint density at radius 1 is 0.971 bits per heavy atom. The lowest BCUT2D eigenvalue weighted by Crippen LogP contribution is -2.37. The molecule has 182 valence electrons. The van der Waals surface area contributed by atoms with Crippen LogP contribution in [0.1, 0.15) is 74.8 Å². The molecule has 0 radical (unpaired) electrons. The molecule has 2 aromatic rings. The molecule has 5 rings (SSSR count). The number of hydrogen-bond acceptors (Lipinski definition) is 6. The summed E-state index contributed by atoms with van der Waals surface area (Å²) in [4.78, 5) is 31.3. The van der Waals surface area contributed by atoms with E-state index in [1.54, 1.807) is 19.5 Å². The molecule has 1 N–H and O–H groups in total. The number of carbonyl (C=O) groups excluding carboxylic acids is 2. The Morgan fingerprint density at radius 2 is 1.69 bits per heavy atom. The summed E-state index contributed by atoms with van der Waals surface area (Å²) in [6.07, 6.45) is 9.66. The summed E-state index contributed by atoms with van der Waals surface area (Å²) in [5.41, 5.74) is 4.88. The second-order valence-corrected chi connectivity index (χ2v) is 9.74. The highest BCUT2D eigenvalue weighted by molar-refractivity contribution is 6.04. The van der Waals surface area contributed by atoms with E-state index < -0.39 is 5.92 Å². The summed E-state index contributed by atoms with van der Waals surface area (Å²) in [6, 6.07) is 11.7. The molecule has 0 saturated heterocycles. The zero-order chi connectivity index (χ0) is 24.4. The number of dihydropyridines is 1. The Morgan fingerprint density at radius 3 is 2.37 bits per heavy atom. The topological polar surface area (TPSA) is 77.5 Å². The Hall–Kier alpha value is -3.41. The minimum absolute atomic E-state index is 0.0495. The molecular formula is C29H32N2O4. The van der Waals surface area contributed by atoms with Gasteiger partial charge in [-0.05, 0) is 80.3 Å². The number of ketones is 1. The average Bonchev–Trinajstić information content (AvgIpc) is 2.88. The lowest BCUT2D eigenvalue weighted by atomic mass is 9.72. The molecule has 2 heterocycles. The van der Waals surface area contributed by atoms with Gasteiger partial charge in [-0.3, -0.25) is 9.78 Å². The maximum absolute atomic E-state index is 13.7. The molecule has 1 fully saturated rings. The minimum Gasteiger partial charge on any atom is -0.497 e. The number of hydrogen-bond donors (Lipinski definition) is 1. The van der Waals surface area contributed by atoms with Gasteiger partial charge in [0.05, 0.1) is 12.7 Å². The van der Waals surface area contributed by atoms with Crippen molar-refractivity contribution in [3.8, 4) is 5.75 Å². The van der Waals surface area contributed by atoms with Crippen LogP contribution in [-0.2, 0) is 14.3 Å². The first-order chi connectivity index (χ1) is 17.0. The molecule has 2 unspecified atom stereocenters. The molecule has 1 aromatic carbocycles. The van der Waals surface area contributed by atoms with Crippen LogP contribution in [-0.4, -0.2) is 30.0 Å². The zero-order valence-electron chi connectivity index (χ0n) is 20.4. The van der Waals surface area contributed by atoms with Crippen LogP contribution < -0.4 is 10.1 Å². The van der Waals surface area contributed by atoms with Crippen molar-refractivity contribution in [3.63, 3.8) is 0 Å². The number of methoxy groups -OCH3 is 1. The van der Waals surface area contributed by atoms with Gasteiger partial charge < -0.3 is 14.8 Å². The number of nitrogens with one attached hydrogen (secondary N) is 1. The van der Waals surface area contributed by atoms with Crippen molar-refractivity contribution in [1.29, 1.82) is 0 Å². The standard InChI is InChI=1S/C29H32N2O4/c1-18-26(29(33)35-23-6-4-3-5-7-23)27(20-12-14-30-15-13-20)28-24(31-18)16-21(17-25(28)32)19-8-10-22(34-2)11-9-19/h8-15,21,23,27,31H,3-7,16-17H2,1-2H3. The van der Waals surface area contributed by atoms with Gasteiger partial charge in [0.2, 0.25) is 0 Å². The molecule has 6 heteroatoms. The van der Waals surface area contributed by atoms with Crippen molar-refractivity contribution >= 4 is 11.8 Å². The monoisotopic (exact) mass is 472 g/mol. The normalized spacial score (nSPS) is 23.0. The van der Waals surface area contributed by atoms with Crippen LogP contribution >= 0.6 is 0 Å². The summed E-state index contributed by atoms with van der Waals surface area (Å²) >= 11 is 0. The van der Waals surface area contributed by atoms with Crippen molar-refractivity contribution in [2.24, 2.45) is 0 Å². The summed E-state index contributed by atoms with van der Waals surface area (Å²) in [5.74, 6) is 0.164. The van der Waals surface area contributed by atoms with Gasteiger partial charge in [0, 0.05) is 41.7 Å². The quantitative estimate of drug-likeness (QED) is 0.593. The number of nitrogens with zero attached hydrogens (tertiary/aromatic N) is 1. The molecule has 0 bridgehead atoms. The van der Waals surface area contributed by atoms with Crippen LogP contribution in [0.3, 0.4) is 0 Å². The first kappa shape index (κ1) is 23.3. The van der Waals surface area contributed by atoms with E-state index in [9.17, 15) is 9.59 Å². The highest BCUT2D eigenvalue weighted by Gasteiger charge is 2.41. The second-order valence-electron chi connectivity index (χ2n) is 9.74. The number of ether oxygens (including phenoxy) is 2. The third-order valence-corrected chi connectivity index (χ3v) is 7.50. The SMILES string of the molecule is COc1ccc(C2CC(=O)C3=C(C2)NC(C)=C(C(=O)OC2CCCCC2)C3c2ccncc2)cc1. The van der Waals surface area contributed by atoms with E-state index in [2.05, 4.69) is 10.3 Å². The molecule has 0 amide bonds. The van der Waals surface area contributed by atoms with E-state index in [1.165, 1.54) is 6.42 Å². The molecule has 35 heavy (non-hydrogen) atoms. The van der Waals surface area contributed by atoms with E-state index in [0.717, 1.165) is 54.0 Å². The van der Waals surface area contributed by atoms with Gasteiger partial charge in [-0.2, -0.15) is 0 Å². The number of benzene rings is 1. The molecule has 0 spiro atoms. The average molecular weight is 473 g/mol. The van der Waals surface area contributed by atoms with Gasteiger partial charge in [0.1, 0.15) is 11.9 Å². The summed E-state index contributed by atoms with van der Waals surface area (Å²) in [7, 11) is 1.65. The number of aromatic nitrogens is 1. The predicted molar refractivity (Wildman–Crippen MR) is 133 cm³/mol. The van der Waals surface area contributed by atoms with Gasteiger partial charge in [-0.25, -0.2) is 4.79 Å². The van der Waals surface area contributed by atoms with E-state index >= 15 is 0 Å². The fraction of sp³-hybridized carbons (Fsp3) is 0.414. The first-order valence-corrected chi connectivity index (χ1v) is 12.5. The van der Waals surface area contributed by atoms with Gasteiger partial charge in [0.25, 0.3) is 0 Å². The number of Topliss-reactive ketones (excluding diaryl/α,β-unsaturated/α-hetero) is 1. The van der Waals surface area contributed by atoms with E-state index in [-0.39, 0.29) is 23.8 Å². The van der Waals surface area contributed by atoms with Crippen LogP contribution in [0.5, 0.6) is 5.75 Å². The van der Waals surface area contributed by atoms with Gasteiger partial charge in [-0.15, -0.1) is 0 Å². The number of esters is 1.